The minimum absolute atomic E-state index is 0.0560. The number of carbonyl (C=O) groups is 3. The van der Waals surface area contributed by atoms with Crippen molar-refractivity contribution >= 4 is 41.0 Å². The zero-order valence-electron chi connectivity index (χ0n) is 14.5. The molecule has 2 aromatic rings. The second kappa shape index (κ2) is 7.58. The van der Waals surface area contributed by atoms with E-state index in [0.29, 0.717) is 22.0 Å². The highest BCUT2D eigenvalue weighted by atomic mass is 35.5. The summed E-state index contributed by atoms with van der Waals surface area (Å²) in [7, 11) is 0. The predicted octanol–water partition coefficient (Wildman–Crippen LogP) is 3.42. The van der Waals surface area contributed by atoms with Crippen molar-refractivity contribution in [3.63, 3.8) is 0 Å². The van der Waals surface area contributed by atoms with Crippen molar-refractivity contribution < 1.29 is 14.4 Å². The Bertz CT molecular complexity index is 904. The molecule has 1 fully saturated rings. The van der Waals surface area contributed by atoms with Crippen molar-refractivity contribution in [1.82, 2.24) is 15.8 Å². The van der Waals surface area contributed by atoms with Crippen LogP contribution in [0.2, 0.25) is 10.0 Å². The Balaban J connectivity index is 1.66. The van der Waals surface area contributed by atoms with Gasteiger partial charge in [-0.15, -0.1) is 0 Å². The zero-order chi connectivity index (χ0) is 19.6. The van der Waals surface area contributed by atoms with Crippen molar-refractivity contribution in [2.24, 2.45) is 0 Å². The first-order chi connectivity index (χ1) is 12.8. The lowest BCUT2D eigenvalue weighted by Gasteiger charge is -2.22. The maximum atomic E-state index is 12.7. The zero-order valence-corrected chi connectivity index (χ0v) is 16.0. The second-order valence-electron chi connectivity index (χ2n) is 6.33. The van der Waals surface area contributed by atoms with Crippen molar-refractivity contribution in [2.45, 2.75) is 25.3 Å². The van der Waals surface area contributed by atoms with E-state index in [-0.39, 0.29) is 6.42 Å². The highest BCUT2D eigenvalue weighted by Crippen LogP contribution is 2.27. The summed E-state index contributed by atoms with van der Waals surface area (Å²) in [6.45, 7) is 1.60. The molecule has 0 spiro atoms. The van der Waals surface area contributed by atoms with Crippen LogP contribution in [0, 0.1) is 0 Å². The number of hydrogen-bond acceptors (Lipinski definition) is 3. The Labute approximate surface area is 166 Å². The third-order valence-electron chi connectivity index (χ3n) is 4.42. The summed E-state index contributed by atoms with van der Waals surface area (Å²) in [5, 5.41) is 4.32. The van der Waals surface area contributed by atoms with Gasteiger partial charge in [0.15, 0.2) is 0 Å². The molecule has 1 aliphatic heterocycles. The molecule has 0 aliphatic carbocycles. The summed E-state index contributed by atoms with van der Waals surface area (Å²) >= 11 is 11.9. The number of imide groups is 1. The average molecular weight is 406 g/mol. The molecule has 0 unspecified atom stereocenters. The van der Waals surface area contributed by atoms with Crippen LogP contribution in [0.3, 0.4) is 0 Å². The number of nitrogens with one attached hydrogen (secondary N) is 2. The fraction of sp³-hybridized carbons (Fsp3) is 0.211. The quantitative estimate of drug-likeness (QED) is 0.747. The van der Waals surface area contributed by atoms with Crippen LogP contribution in [0.4, 0.5) is 4.79 Å². The van der Waals surface area contributed by atoms with Crippen molar-refractivity contribution in [3.05, 3.63) is 69.7 Å². The number of aryl methyl sites for hydroxylation is 1. The average Bonchev–Trinajstić information content (AvgIpc) is 2.86. The van der Waals surface area contributed by atoms with Gasteiger partial charge in [0.1, 0.15) is 5.54 Å². The van der Waals surface area contributed by atoms with E-state index in [4.69, 9.17) is 23.2 Å². The second-order valence-corrected chi connectivity index (χ2v) is 7.18. The van der Waals surface area contributed by atoms with E-state index in [9.17, 15) is 14.4 Å². The summed E-state index contributed by atoms with van der Waals surface area (Å²) in [4.78, 5) is 37.2. The summed E-state index contributed by atoms with van der Waals surface area (Å²) < 4.78 is 0. The maximum Gasteiger partial charge on any atom is 0.344 e. The molecule has 27 heavy (non-hydrogen) atoms. The normalized spacial score (nSPS) is 19.1. The molecule has 0 aromatic heterocycles. The molecule has 140 valence electrons. The molecule has 2 aromatic carbocycles. The van der Waals surface area contributed by atoms with Gasteiger partial charge < -0.3 is 5.32 Å². The summed E-state index contributed by atoms with van der Waals surface area (Å²) in [5.41, 5.74) is 2.52. The number of nitrogens with zero attached hydrogens (tertiary/aromatic N) is 1. The van der Waals surface area contributed by atoms with Crippen LogP contribution in [0.25, 0.3) is 0 Å². The number of rotatable bonds is 5. The Morgan fingerprint density at radius 2 is 1.85 bits per heavy atom. The summed E-state index contributed by atoms with van der Waals surface area (Å²) in [5.74, 6) is -1.02. The lowest BCUT2D eigenvalue weighted by atomic mass is 9.92. The van der Waals surface area contributed by atoms with E-state index in [1.54, 1.807) is 49.4 Å². The first-order valence-electron chi connectivity index (χ1n) is 8.27. The number of benzene rings is 2. The number of hydrogen-bond donors (Lipinski definition) is 2. The largest absolute Gasteiger partial charge is 0.344 e. The van der Waals surface area contributed by atoms with E-state index in [1.807, 2.05) is 6.07 Å². The molecule has 1 atom stereocenters. The number of carbonyl (C=O) groups excluding carboxylic acids is 3. The van der Waals surface area contributed by atoms with E-state index in [0.717, 1.165) is 10.6 Å². The van der Waals surface area contributed by atoms with Crippen LogP contribution in [0.1, 0.15) is 24.5 Å². The highest BCUT2D eigenvalue weighted by molar-refractivity contribution is 6.35. The topological polar surface area (TPSA) is 78.5 Å². The number of urea groups is 1. The van der Waals surface area contributed by atoms with Gasteiger partial charge in [0.2, 0.25) is 5.91 Å². The van der Waals surface area contributed by atoms with Crippen LogP contribution in [0.5, 0.6) is 0 Å². The van der Waals surface area contributed by atoms with Gasteiger partial charge in [-0.2, -0.15) is 5.01 Å². The molecular formula is C19H17Cl2N3O3. The Morgan fingerprint density at radius 3 is 2.52 bits per heavy atom. The molecule has 0 bridgehead atoms. The Hall–Kier alpha value is -2.57. The molecule has 2 N–H and O–H groups in total. The third kappa shape index (κ3) is 3.91. The van der Waals surface area contributed by atoms with Gasteiger partial charge in [-0.05, 0) is 36.6 Å². The molecule has 1 heterocycles. The van der Waals surface area contributed by atoms with E-state index < -0.39 is 23.4 Å². The first kappa shape index (κ1) is 19.2. The fourth-order valence-corrected chi connectivity index (χ4v) is 3.36. The molecular weight excluding hydrogens is 389 g/mol. The Kier molecular flexibility index (Phi) is 5.39. The van der Waals surface area contributed by atoms with Crippen molar-refractivity contribution in [1.29, 1.82) is 0 Å². The van der Waals surface area contributed by atoms with E-state index in [1.165, 1.54) is 0 Å². The van der Waals surface area contributed by atoms with Gasteiger partial charge in [-0.3, -0.25) is 15.0 Å². The molecule has 8 heteroatoms. The lowest BCUT2D eigenvalue weighted by molar-refractivity contribution is -0.138. The van der Waals surface area contributed by atoms with E-state index in [2.05, 4.69) is 10.7 Å². The van der Waals surface area contributed by atoms with Gasteiger partial charge in [-0.1, -0.05) is 59.6 Å². The number of amides is 4. The van der Waals surface area contributed by atoms with Gasteiger partial charge in [0, 0.05) is 16.5 Å². The number of hydrazine groups is 1. The minimum Gasteiger partial charge on any atom is -0.318 e. The standard InChI is InChI=1S/C19H17Cl2N3O3/c1-19(13-5-3-2-4-6-13)17(26)24(18(27)22-19)23-16(25)10-8-12-7-9-14(20)11-15(12)21/h2-7,9,11H,8,10H2,1H3,(H,22,27)(H,23,25)/t19-/m1/s1. The smallest absolute Gasteiger partial charge is 0.318 e. The van der Waals surface area contributed by atoms with Crippen LogP contribution in [-0.4, -0.2) is 22.9 Å². The van der Waals surface area contributed by atoms with Crippen LogP contribution < -0.4 is 10.7 Å². The molecule has 1 aliphatic rings. The van der Waals surface area contributed by atoms with Gasteiger partial charge in [0.25, 0.3) is 5.91 Å². The number of halogens is 2. The molecule has 4 amide bonds. The Morgan fingerprint density at radius 1 is 1.15 bits per heavy atom. The molecule has 0 radical (unpaired) electrons. The van der Waals surface area contributed by atoms with Crippen LogP contribution >= 0.6 is 23.2 Å². The monoisotopic (exact) mass is 405 g/mol. The van der Waals surface area contributed by atoms with Crippen molar-refractivity contribution in [3.8, 4) is 0 Å². The highest BCUT2D eigenvalue weighted by Gasteiger charge is 2.49. The van der Waals surface area contributed by atoms with Gasteiger partial charge in [-0.25, -0.2) is 4.79 Å². The maximum absolute atomic E-state index is 12.7. The van der Waals surface area contributed by atoms with E-state index >= 15 is 0 Å². The first-order valence-corrected chi connectivity index (χ1v) is 9.02. The molecule has 3 rings (SSSR count). The van der Waals surface area contributed by atoms with Gasteiger partial charge >= 0.3 is 6.03 Å². The molecule has 0 saturated carbocycles. The third-order valence-corrected chi connectivity index (χ3v) is 5.00. The van der Waals surface area contributed by atoms with Crippen LogP contribution in [-0.2, 0) is 21.5 Å². The summed E-state index contributed by atoms with van der Waals surface area (Å²) in [6.07, 6.45) is 0.405. The lowest BCUT2D eigenvalue weighted by Crippen LogP contribution is -2.48. The summed E-state index contributed by atoms with van der Waals surface area (Å²) in [6, 6.07) is 13.2. The molecule has 1 saturated heterocycles. The minimum atomic E-state index is -1.23. The fourth-order valence-electron chi connectivity index (χ4n) is 2.86. The van der Waals surface area contributed by atoms with Gasteiger partial charge in [0.05, 0.1) is 0 Å². The molecule has 6 nitrogen and oxygen atoms in total. The predicted molar refractivity (Wildman–Crippen MR) is 102 cm³/mol. The van der Waals surface area contributed by atoms with Crippen LogP contribution in [0.15, 0.2) is 48.5 Å². The van der Waals surface area contributed by atoms with Crippen molar-refractivity contribution in [2.75, 3.05) is 0 Å². The SMILES string of the molecule is C[C@]1(c2ccccc2)NC(=O)N(NC(=O)CCc2ccc(Cl)cc2Cl)C1=O.